The number of anilines is 4. The molecule has 2 aromatic heterocycles. The first-order valence-corrected chi connectivity index (χ1v) is 12.9. The molecule has 6 N–H and O–H groups in total. The maximum atomic E-state index is 12.9. The van der Waals surface area contributed by atoms with Gasteiger partial charge < -0.3 is 31.7 Å². The number of nitrogen functional groups attached to an aromatic ring is 2. The molecule has 0 spiro atoms. The number of carbonyl (C=O) groups is 3. The number of rotatable bonds is 13. The lowest BCUT2D eigenvalue weighted by atomic mass is 10.1. The number of nitrogens with zero attached hydrogens (tertiary/aromatic N) is 6. The van der Waals surface area contributed by atoms with Crippen molar-refractivity contribution in [2.45, 2.75) is 25.4 Å². The summed E-state index contributed by atoms with van der Waals surface area (Å²) in [5.41, 5.74) is 13.8. The average molecular weight is 589 g/mol. The fourth-order valence-electron chi connectivity index (χ4n) is 4.10. The second kappa shape index (κ2) is 13.6. The fourth-order valence-corrected chi connectivity index (χ4v) is 4.10. The van der Waals surface area contributed by atoms with Gasteiger partial charge in [-0.2, -0.15) is 9.97 Å². The highest BCUT2D eigenvalue weighted by molar-refractivity contribution is 5.97. The summed E-state index contributed by atoms with van der Waals surface area (Å²) in [5.74, 6) is -1.06. The zero-order valence-corrected chi connectivity index (χ0v) is 23.0. The molecule has 0 aliphatic rings. The number of carbonyl (C=O) groups excluding carboxylic acids is 3. The van der Waals surface area contributed by atoms with Crippen molar-refractivity contribution in [1.82, 2.24) is 25.3 Å². The Morgan fingerprint density at radius 1 is 1.09 bits per heavy atom. The van der Waals surface area contributed by atoms with Crippen LogP contribution in [0.1, 0.15) is 28.9 Å². The summed E-state index contributed by atoms with van der Waals surface area (Å²) in [5, 5.41) is 16.6. The molecular formula is C27H28N10O6. The largest absolute Gasteiger partial charge is 0.467 e. The molecule has 0 radical (unpaired) electrons. The molecule has 222 valence electrons. The highest BCUT2D eigenvalue weighted by atomic mass is 16.6. The van der Waals surface area contributed by atoms with Gasteiger partial charge in [-0.1, -0.05) is 0 Å². The lowest BCUT2D eigenvalue weighted by molar-refractivity contribution is -0.384. The number of nitrogens with one attached hydrogen (secondary N) is 2. The van der Waals surface area contributed by atoms with Gasteiger partial charge in [-0.15, -0.1) is 0 Å². The summed E-state index contributed by atoms with van der Waals surface area (Å²) in [6.45, 7) is 0.507. The van der Waals surface area contributed by atoms with Crippen molar-refractivity contribution in [3.05, 3.63) is 76.1 Å². The van der Waals surface area contributed by atoms with E-state index in [9.17, 15) is 24.5 Å². The Labute approximate surface area is 244 Å². The lowest BCUT2D eigenvalue weighted by Crippen LogP contribution is -2.41. The summed E-state index contributed by atoms with van der Waals surface area (Å²) in [4.78, 5) is 65.2. The summed E-state index contributed by atoms with van der Waals surface area (Å²) in [6, 6.07) is 11.3. The number of aromatic nitrogens is 4. The van der Waals surface area contributed by atoms with Gasteiger partial charge in [-0.3, -0.25) is 19.7 Å². The van der Waals surface area contributed by atoms with Crippen LogP contribution in [0.3, 0.4) is 0 Å². The molecule has 0 unspecified atom stereocenters. The SMILES string of the molecule is COC(=O)[C@H](CCCNc1ccc([N+](=O)[O-])cc1)NC(=O)c1ccc(N(C=O)Cc2cnc3nc(N)nc(N)c3n2)cc1. The van der Waals surface area contributed by atoms with Crippen LogP contribution in [-0.4, -0.2) is 62.8 Å². The molecule has 0 saturated carbocycles. The Bertz CT molecular complexity index is 1630. The van der Waals surface area contributed by atoms with E-state index in [1.807, 2.05) is 0 Å². The molecule has 2 amide bonds. The molecule has 2 heterocycles. The van der Waals surface area contributed by atoms with E-state index in [2.05, 4.69) is 30.6 Å². The van der Waals surface area contributed by atoms with Gasteiger partial charge in [-0.05, 0) is 49.2 Å². The van der Waals surface area contributed by atoms with Gasteiger partial charge in [0.15, 0.2) is 17.0 Å². The molecule has 4 rings (SSSR count). The Kier molecular flexibility index (Phi) is 9.52. The van der Waals surface area contributed by atoms with E-state index < -0.39 is 22.8 Å². The first-order valence-electron chi connectivity index (χ1n) is 12.9. The Hall–Kier alpha value is -5.93. The highest BCUT2D eigenvalue weighted by Gasteiger charge is 2.22. The third-order valence-corrected chi connectivity index (χ3v) is 6.29. The molecule has 16 nitrogen and oxygen atoms in total. The van der Waals surface area contributed by atoms with Crippen LogP contribution in [0.15, 0.2) is 54.7 Å². The standard InChI is InChI=1S/C27H28N10O6/c1-43-26(40)21(3-2-12-30-17-6-10-20(11-7-17)37(41)42)33-25(39)16-4-8-19(9-5-16)36(15-38)14-18-13-31-24-22(32-18)23(28)34-27(29)35-24/h4-11,13,15,21,30H,2-3,12,14H2,1H3,(H,33,39)(H4,28,29,31,34,35)/t21-/m0/s1. The predicted octanol–water partition coefficient (Wildman–Crippen LogP) is 1.82. The van der Waals surface area contributed by atoms with Crippen LogP contribution in [0.5, 0.6) is 0 Å². The molecule has 4 aromatic rings. The minimum Gasteiger partial charge on any atom is -0.467 e. The van der Waals surface area contributed by atoms with E-state index in [1.54, 1.807) is 24.3 Å². The molecular weight excluding hydrogens is 560 g/mol. The Morgan fingerprint density at radius 2 is 1.81 bits per heavy atom. The number of ether oxygens (including phenoxy) is 1. The highest BCUT2D eigenvalue weighted by Crippen LogP contribution is 2.20. The second-order valence-corrected chi connectivity index (χ2v) is 9.20. The molecule has 0 fully saturated rings. The first-order chi connectivity index (χ1) is 20.7. The van der Waals surface area contributed by atoms with E-state index >= 15 is 0 Å². The van der Waals surface area contributed by atoms with E-state index in [4.69, 9.17) is 16.2 Å². The van der Waals surface area contributed by atoms with E-state index in [0.29, 0.717) is 36.4 Å². The number of benzene rings is 2. The van der Waals surface area contributed by atoms with Crippen molar-refractivity contribution in [2.24, 2.45) is 0 Å². The molecule has 1 atom stereocenters. The number of esters is 1. The summed E-state index contributed by atoms with van der Waals surface area (Å²) >= 11 is 0. The van der Waals surface area contributed by atoms with Crippen LogP contribution in [-0.2, 0) is 20.9 Å². The minimum absolute atomic E-state index is 0.0161. The Morgan fingerprint density at radius 3 is 2.47 bits per heavy atom. The third kappa shape index (κ3) is 7.63. The van der Waals surface area contributed by atoms with Crippen LogP contribution >= 0.6 is 0 Å². The monoisotopic (exact) mass is 588 g/mol. The lowest BCUT2D eigenvalue weighted by Gasteiger charge is -2.19. The number of nitro benzene ring substituents is 1. The molecule has 0 aliphatic heterocycles. The molecule has 2 aromatic carbocycles. The zero-order valence-electron chi connectivity index (χ0n) is 23.0. The topological polar surface area (TPSA) is 234 Å². The van der Waals surface area contributed by atoms with Gasteiger partial charge in [-0.25, -0.2) is 14.8 Å². The number of hydrogen-bond acceptors (Lipinski definition) is 13. The maximum Gasteiger partial charge on any atom is 0.328 e. The first kappa shape index (κ1) is 30.0. The number of non-ortho nitro benzene ring substituents is 1. The molecule has 0 saturated heterocycles. The summed E-state index contributed by atoms with van der Waals surface area (Å²) in [7, 11) is 1.23. The number of fused-ring (bicyclic) bond motifs is 1. The summed E-state index contributed by atoms with van der Waals surface area (Å²) < 4.78 is 4.85. The van der Waals surface area contributed by atoms with Gasteiger partial charge in [0.1, 0.15) is 6.04 Å². The molecule has 0 bridgehead atoms. The van der Waals surface area contributed by atoms with E-state index in [0.717, 1.165) is 0 Å². The van der Waals surface area contributed by atoms with Gasteiger partial charge in [0.25, 0.3) is 11.6 Å². The van der Waals surface area contributed by atoms with Crippen LogP contribution in [0.2, 0.25) is 0 Å². The number of methoxy groups -OCH3 is 1. The van der Waals surface area contributed by atoms with Gasteiger partial charge in [0.05, 0.1) is 30.5 Å². The van der Waals surface area contributed by atoms with Crippen molar-refractivity contribution in [3.8, 4) is 0 Å². The van der Waals surface area contributed by atoms with Gasteiger partial charge in [0.2, 0.25) is 12.4 Å². The van der Waals surface area contributed by atoms with Gasteiger partial charge >= 0.3 is 5.97 Å². The van der Waals surface area contributed by atoms with Crippen molar-refractivity contribution in [1.29, 1.82) is 0 Å². The van der Waals surface area contributed by atoms with Crippen molar-refractivity contribution >= 4 is 58.3 Å². The fraction of sp³-hybridized carbons (Fsp3) is 0.222. The van der Waals surface area contributed by atoms with Crippen LogP contribution < -0.4 is 27.0 Å². The maximum absolute atomic E-state index is 12.9. The van der Waals surface area contributed by atoms with Crippen LogP contribution in [0, 0.1) is 10.1 Å². The zero-order chi connectivity index (χ0) is 30.9. The van der Waals surface area contributed by atoms with Crippen LogP contribution in [0.25, 0.3) is 11.2 Å². The normalized spacial score (nSPS) is 11.4. The van der Waals surface area contributed by atoms with Crippen molar-refractivity contribution in [3.63, 3.8) is 0 Å². The Balaban J connectivity index is 1.35. The minimum atomic E-state index is -0.902. The van der Waals surface area contributed by atoms with E-state index in [1.165, 1.54) is 42.5 Å². The summed E-state index contributed by atoms with van der Waals surface area (Å²) in [6.07, 6.45) is 2.83. The molecule has 16 heteroatoms. The second-order valence-electron chi connectivity index (χ2n) is 9.20. The smallest absolute Gasteiger partial charge is 0.328 e. The van der Waals surface area contributed by atoms with Crippen LogP contribution in [0.4, 0.5) is 28.8 Å². The number of amides is 2. The van der Waals surface area contributed by atoms with Crippen molar-refractivity contribution in [2.75, 3.05) is 35.3 Å². The molecule has 43 heavy (non-hydrogen) atoms. The quantitative estimate of drug-likeness (QED) is 0.0574. The number of hydrogen-bond donors (Lipinski definition) is 4. The third-order valence-electron chi connectivity index (χ3n) is 6.29. The van der Waals surface area contributed by atoms with Crippen molar-refractivity contribution < 1.29 is 24.0 Å². The van der Waals surface area contributed by atoms with E-state index in [-0.39, 0.29) is 47.1 Å². The molecule has 0 aliphatic carbocycles. The van der Waals surface area contributed by atoms with Gasteiger partial charge in [0, 0.05) is 35.6 Å². The number of nitro groups is 1. The number of nitrogens with two attached hydrogens (primary N) is 2. The average Bonchev–Trinajstić information content (AvgIpc) is 3.01. The predicted molar refractivity (Wildman–Crippen MR) is 157 cm³/mol.